The topological polar surface area (TPSA) is 59.1 Å². The van der Waals surface area contributed by atoms with Gasteiger partial charge in [0.05, 0.1) is 0 Å². The molecule has 0 radical (unpaired) electrons. The van der Waals surface area contributed by atoms with Gasteiger partial charge >= 0.3 is 11.9 Å². The molecule has 10 heteroatoms. The summed E-state index contributed by atoms with van der Waals surface area (Å²) in [6.45, 7) is 0.211. The van der Waals surface area contributed by atoms with E-state index in [1.165, 1.54) is 24.3 Å². The number of carbonyl (C=O) groups excluding carboxylic acids is 2. The molecule has 2 unspecified atom stereocenters. The van der Waals surface area contributed by atoms with Crippen molar-refractivity contribution in [3.63, 3.8) is 0 Å². The lowest BCUT2D eigenvalue weighted by atomic mass is 9.83. The Morgan fingerprint density at radius 3 is 1.23 bits per heavy atom. The van der Waals surface area contributed by atoms with Crippen molar-refractivity contribution in [2.24, 2.45) is 0 Å². The van der Waals surface area contributed by atoms with Crippen LogP contribution < -0.4 is 9.80 Å². The summed E-state index contributed by atoms with van der Waals surface area (Å²) in [6.07, 6.45) is 13.8. The van der Waals surface area contributed by atoms with Gasteiger partial charge in [0.25, 0.3) is 0 Å². The van der Waals surface area contributed by atoms with E-state index >= 15 is 0 Å². The van der Waals surface area contributed by atoms with E-state index in [-0.39, 0.29) is 25.2 Å². The van der Waals surface area contributed by atoms with Crippen LogP contribution in [-0.4, -0.2) is 48.0 Å². The molecule has 0 aliphatic carbocycles. The number of nitrogens with zero attached hydrogens (tertiary/aromatic N) is 2. The Morgan fingerprint density at radius 2 is 0.871 bits per heavy atom. The first-order valence-corrected chi connectivity index (χ1v) is 29.6. The Morgan fingerprint density at radius 1 is 0.500 bits per heavy atom. The standard InChI is InChI=1S/C60H60N2O4S4/c1-61-53-27-9-5-23-47(53)51(48-24-6-10-28-54(48)61)37-41-17-15-19-43(39-65-57(63)31-13-3-21-45-33-35-67-69-45)59(41)60-42(18-16-20-44(60)40-66-58(64)32-14-4-22-46-34-36-68-70-46)38-52-49-25-7-11-29-55(49)62(2)56-30-12-8-26-50(52)56/h5-12,15-20,23-30,37-38,45-46H,3-4,13-14,21-22,31-36,39-40H2,1-2H3. The molecule has 10 rings (SSSR count). The van der Waals surface area contributed by atoms with Crippen LogP contribution in [0, 0.1) is 0 Å². The van der Waals surface area contributed by atoms with E-state index < -0.39 is 0 Å². The molecule has 2 atom stereocenters. The second-order valence-corrected chi connectivity index (χ2v) is 24.1. The molecule has 2 saturated heterocycles. The van der Waals surface area contributed by atoms with Crippen LogP contribution in [0.1, 0.15) is 109 Å². The molecule has 70 heavy (non-hydrogen) atoms. The molecule has 0 amide bonds. The summed E-state index contributed by atoms with van der Waals surface area (Å²) in [7, 11) is 12.2. The number of ether oxygens (including phenoxy) is 2. The van der Waals surface area contributed by atoms with Crippen LogP contribution in [0.25, 0.3) is 34.4 Å². The van der Waals surface area contributed by atoms with Crippen molar-refractivity contribution in [2.75, 3.05) is 35.4 Å². The van der Waals surface area contributed by atoms with E-state index in [1.807, 2.05) is 43.2 Å². The van der Waals surface area contributed by atoms with Crippen molar-refractivity contribution in [1.82, 2.24) is 0 Å². The van der Waals surface area contributed by atoms with Gasteiger partial charge in [-0.1, -0.05) is 165 Å². The highest BCUT2D eigenvalue weighted by atomic mass is 33.1. The largest absolute Gasteiger partial charge is 0.461 e. The molecule has 0 bridgehead atoms. The lowest BCUT2D eigenvalue weighted by Gasteiger charge is -2.32. The SMILES string of the molecule is CN1c2ccccc2C(=Cc2cccc(COC(=O)CCCCC3CCSS3)c2-c2c(C=C3c4ccccc4N(C)c4ccccc43)cccc2COC(=O)CCCCC2CCSS2)c2ccccc21. The molecule has 4 aliphatic rings. The van der Waals surface area contributed by atoms with Crippen molar-refractivity contribution in [1.29, 1.82) is 0 Å². The van der Waals surface area contributed by atoms with Gasteiger partial charge in [0.15, 0.2) is 0 Å². The summed E-state index contributed by atoms with van der Waals surface area (Å²) in [4.78, 5) is 31.9. The molecule has 6 nitrogen and oxygen atoms in total. The minimum absolute atomic E-state index is 0.106. The maximum atomic E-state index is 13.7. The third kappa shape index (κ3) is 10.8. The Balaban J connectivity index is 1.09. The summed E-state index contributed by atoms with van der Waals surface area (Å²) >= 11 is 0. The molecule has 0 N–H and O–H groups in total. The van der Waals surface area contributed by atoms with Gasteiger partial charge in [0, 0.05) is 93.9 Å². The van der Waals surface area contributed by atoms with E-state index in [1.54, 1.807) is 0 Å². The number of anilines is 4. The first kappa shape index (κ1) is 48.4. The summed E-state index contributed by atoms with van der Waals surface area (Å²) in [5.74, 6) is 2.06. The Hall–Kier alpha value is -5.26. The van der Waals surface area contributed by atoms with Crippen LogP contribution in [0.3, 0.4) is 0 Å². The number of esters is 2. The first-order chi connectivity index (χ1) is 34.4. The van der Waals surface area contributed by atoms with Gasteiger partial charge < -0.3 is 19.3 Å². The van der Waals surface area contributed by atoms with Crippen molar-refractivity contribution in [3.8, 4) is 11.1 Å². The predicted molar refractivity (Wildman–Crippen MR) is 301 cm³/mol. The van der Waals surface area contributed by atoms with E-state index in [0.717, 1.165) is 128 Å². The summed E-state index contributed by atoms with van der Waals surface area (Å²) in [5.41, 5.74) is 16.9. The highest BCUT2D eigenvalue weighted by Crippen LogP contribution is 2.49. The third-order valence-electron chi connectivity index (χ3n) is 14.0. The van der Waals surface area contributed by atoms with Gasteiger partial charge in [-0.3, -0.25) is 9.59 Å². The third-order valence-corrected chi connectivity index (χ3v) is 20.0. The van der Waals surface area contributed by atoms with Gasteiger partial charge in [-0.05, 0) is 119 Å². The number of unbranched alkanes of at least 4 members (excludes halogenated alkanes) is 2. The summed E-state index contributed by atoms with van der Waals surface area (Å²) in [6, 6.07) is 47.0. The molecular formula is C60H60N2O4S4. The van der Waals surface area contributed by atoms with Gasteiger partial charge in [0.1, 0.15) is 13.2 Å². The molecule has 6 aromatic rings. The second kappa shape index (κ2) is 22.9. The average molecular weight is 1000 g/mol. The van der Waals surface area contributed by atoms with Crippen molar-refractivity contribution >= 4 is 101 Å². The molecule has 0 saturated carbocycles. The van der Waals surface area contributed by atoms with Crippen LogP contribution in [0.15, 0.2) is 133 Å². The zero-order chi connectivity index (χ0) is 47.8. The van der Waals surface area contributed by atoms with Gasteiger partial charge in [-0.15, -0.1) is 0 Å². The number of para-hydroxylation sites is 4. The molecule has 2 fully saturated rings. The number of carbonyl (C=O) groups is 2. The summed E-state index contributed by atoms with van der Waals surface area (Å²) < 4.78 is 12.5. The van der Waals surface area contributed by atoms with E-state index in [2.05, 4.69) is 170 Å². The van der Waals surface area contributed by atoms with Crippen LogP contribution in [0.2, 0.25) is 0 Å². The molecular weight excluding hydrogens is 941 g/mol. The quantitative estimate of drug-likeness (QED) is 0.0502. The van der Waals surface area contributed by atoms with Crippen LogP contribution >= 0.6 is 43.2 Å². The number of hydrogen-bond acceptors (Lipinski definition) is 10. The fourth-order valence-corrected chi connectivity index (χ4v) is 16.4. The highest BCUT2D eigenvalue weighted by Gasteiger charge is 2.28. The zero-order valence-electron chi connectivity index (χ0n) is 40.1. The predicted octanol–water partition coefficient (Wildman–Crippen LogP) is 16.2. The Labute approximate surface area is 429 Å². The molecule has 0 aromatic heterocycles. The minimum atomic E-state index is -0.185. The van der Waals surface area contributed by atoms with Crippen LogP contribution in [-0.2, 0) is 32.3 Å². The number of rotatable bonds is 17. The molecule has 6 aromatic carbocycles. The van der Waals surface area contributed by atoms with E-state index in [9.17, 15) is 9.59 Å². The van der Waals surface area contributed by atoms with Gasteiger partial charge in [-0.2, -0.15) is 0 Å². The van der Waals surface area contributed by atoms with Crippen molar-refractivity contribution in [3.05, 3.63) is 178 Å². The lowest BCUT2D eigenvalue weighted by Crippen LogP contribution is -2.18. The maximum absolute atomic E-state index is 13.7. The number of hydrogen-bond donors (Lipinski definition) is 0. The Bertz CT molecular complexity index is 2620. The zero-order valence-corrected chi connectivity index (χ0v) is 43.3. The van der Waals surface area contributed by atoms with Crippen molar-refractivity contribution < 1.29 is 19.1 Å². The fourth-order valence-electron chi connectivity index (χ4n) is 10.4. The molecule has 4 aliphatic heterocycles. The number of fused-ring (bicyclic) bond motifs is 4. The molecule has 358 valence electrons. The average Bonchev–Trinajstić information content (AvgIpc) is 4.14. The van der Waals surface area contributed by atoms with Crippen LogP contribution in [0.4, 0.5) is 22.7 Å². The van der Waals surface area contributed by atoms with Crippen molar-refractivity contribution in [2.45, 2.75) is 87.9 Å². The highest BCUT2D eigenvalue weighted by molar-refractivity contribution is 8.77. The molecule has 0 spiro atoms. The Kier molecular flexibility index (Phi) is 15.8. The minimum Gasteiger partial charge on any atom is -0.461 e. The van der Waals surface area contributed by atoms with E-state index in [4.69, 9.17) is 9.47 Å². The maximum Gasteiger partial charge on any atom is 0.306 e. The van der Waals surface area contributed by atoms with Gasteiger partial charge in [-0.25, -0.2) is 0 Å². The lowest BCUT2D eigenvalue weighted by molar-refractivity contribution is -0.146. The normalized spacial score (nSPS) is 16.8. The second-order valence-electron chi connectivity index (χ2n) is 18.5. The first-order valence-electron chi connectivity index (χ1n) is 24.8. The van der Waals surface area contributed by atoms with E-state index in [0.29, 0.717) is 23.3 Å². The van der Waals surface area contributed by atoms with Gasteiger partial charge in [0.2, 0.25) is 0 Å². The molecule has 4 heterocycles. The monoisotopic (exact) mass is 1000 g/mol. The van der Waals surface area contributed by atoms with Crippen LogP contribution in [0.5, 0.6) is 0 Å². The fraction of sp³-hybridized carbons (Fsp3) is 0.300. The number of benzene rings is 6. The smallest absolute Gasteiger partial charge is 0.306 e. The summed E-state index contributed by atoms with van der Waals surface area (Å²) in [5, 5.41) is 1.37.